The zero-order chi connectivity index (χ0) is 16.6. The van der Waals surface area contributed by atoms with Gasteiger partial charge in [0.05, 0.1) is 11.9 Å². The molecule has 1 fully saturated rings. The molecule has 2 aromatic heterocycles. The van der Waals surface area contributed by atoms with Crippen LogP contribution in [0.25, 0.3) is 11.5 Å². The Kier molecular flexibility index (Phi) is 4.06. The van der Waals surface area contributed by atoms with E-state index in [2.05, 4.69) is 20.5 Å². The topological polar surface area (TPSA) is 102 Å². The third-order valence-corrected chi connectivity index (χ3v) is 5.84. The predicted octanol–water partition coefficient (Wildman–Crippen LogP) is -0.918. The van der Waals surface area contributed by atoms with Gasteiger partial charge >= 0.3 is 0 Å². The summed E-state index contributed by atoms with van der Waals surface area (Å²) in [5.74, 6) is 1.48. The average molecular weight is 340 g/mol. The van der Waals surface area contributed by atoms with E-state index in [0.717, 1.165) is 0 Å². The fourth-order valence-electron chi connectivity index (χ4n) is 2.62. The summed E-state index contributed by atoms with van der Waals surface area (Å²) in [5, 5.41) is 16.4. The highest BCUT2D eigenvalue weighted by Crippen LogP contribution is 2.20. The first-order chi connectivity index (χ1) is 10.9. The van der Waals surface area contributed by atoms with Crippen molar-refractivity contribution in [2.24, 2.45) is 14.1 Å². The fraction of sp³-hybridized carbons (Fsp3) is 0.667. The van der Waals surface area contributed by atoms with Crippen molar-refractivity contribution in [3.8, 4) is 11.5 Å². The first-order valence-corrected chi connectivity index (χ1v) is 9.02. The van der Waals surface area contributed by atoms with Crippen LogP contribution in [0, 0.1) is 0 Å². The maximum Gasteiger partial charge on any atom is 0.227 e. The van der Waals surface area contributed by atoms with Crippen LogP contribution in [0.2, 0.25) is 0 Å². The number of hydrogen-bond donors (Lipinski definition) is 0. The van der Waals surface area contributed by atoms with Gasteiger partial charge in [0.2, 0.25) is 16.0 Å². The lowest BCUT2D eigenvalue weighted by molar-refractivity contribution is 0.382. The van der Waals surface area contributed by atoms with Gasteiger partial charge < -0.3 is 4.90 Å². The monoisotopic (exact) mass is 340 g/mol. The lowest BCUT2D eigenvalue weighted by atomic mass is 10.4. The molecule has 0 aliphatic carbocycles. The summed E-state index contributed by atoms with van der Waals surface area (Å²) in [6.07, 6.45) is 1.78. The van der Waals surface area contributed by atoms with Crippen molar-refractivity contribution in [3.63, 3.8) is 0 Å². The molecule has 1 aliphatic rings. The summed E-state index contributed by atoms with van der Waals surface area (Å²) in [7, 11) is 0.533. The summed E-state index contributed by atoms with van der Waals surface area (Å²) < 4.78 is 28.8. The maximum atomic E-state index is 11.9. The van der Waals surface area contributed by atoms with Crippen molar-refractivity contribution in [3.05, 3.63) is 6.20 Å². The summed E-state index contributed by atoms with van der Waals surface area (Å²) in [4.78, 5) is 2.04. The molecule has 10 nitrogen and oxygen atoms in total. The molecule has 0 atom stereocenters. The molecule has 0 unspecified atom stereocenters. The van der Waals surface area contributed by atoms with Gasteiger partial charge in [0.15, 0.2) is 11.5 Å². The predicted molar refractivity (Wildman–Crippen MR) is 84.2 cm³/mol. The maximum absolute atomic E-state index is 11.9. The molecule has 1 aliphatic heterocycles. The lowest BCUT2D eigenvalue weighted by Crippen LogP contribution is -2.49. The van der Waals surface area contributed by atoms with Gasteiger partial charge in [0.25, 0.3) is 0 Å². The van der Waals surface area contributed by atoms with E-state index in [1.165, 1.54) is 4.31 Å². The van der Waals surface area contributed by atoms with Crippen molar-refractivity contribution >= 4 is 16.0 Å². The first-order valence-electron chi connectivity index (χ1n) is 7.41. The summed E-state index contributed by atoms with van der Waals surface area (Å²) >= 11 is 0. The van der Waals surface area contributed by atoms with Crippen molar-refractivity contribution in [1.29, 1.82) is 0 Å². The standard InChI is InChI=1S/C12H20N8O2S/c1-4-23(21,22)20-7-5-19(6-8-20)12-15-14-11(18(12)3)10-9-17(2)16-13-10/h9H,4-8H2,1-3H3. The van der Waals surface area contributed by atoms with Gasteiger partial charge in [0.1, 0.15) is 0 Å². The van der Waals surface area contributed by atoms with E-state index in [9.17, 15) is 8.42 Å². The Hall–Kier alpha value is -2.01. The molecule has 0 bridgehead atoms. The molecular formula is C12H20N8O2S. The number of aryl methyl sites for hydroxylation is 1. The Bertz CT molecular complexity index is 788. The Morgan fingerprint density at radius 1 is 1.09 bits per heavy atom. The van der Waals surface area contributed by atoms with Crippen LogP contribution in [0.1, 0.15) is 6.92 Å². The van der Waals surface area contributed by atoms with Crippen molar-refractivity contribution < 1.29 is 8.42 Å². The zero-order valence-electron chi connectivity index (χ0n) is 13.4. The number of piperazine rings is 1. The number of hydrogen-bond acceptors (Lipinski definition) is 7. The minimum absolute atomic E-state index is 0.133. The van der Waals surface area contributed by atoms with Gasteiger partial charge in [-0.3, -0.25) is 9.25 Å². The van der Waals surface area contributed by atoms with E-state index < -0.39 is 10.0 Å². The molecule has 126 valence electrons. The smallest absolute Gasteiger partial charge is 0.227 e. The number of aromatic nitrogens is 6. The van der Waals surface area contributed by atoms with Crippen LogP contribution >= 0.6 is 0 Å². The third kappa shape index (κ3) is 2.93. The Morgan fingerprint density at radius 2 is 1.78 bits per heavy atom. The van der Waals surface area contributed by atoms with Crippen LogP contribution in [0.15, 0.2) is 6.20 Å². The van der Waals surface area contributed by atoms with Crippen molar-refractivity contribution in [2.45, 2.75) is 6.92 Å². The Balaban J connectivity index is 1.76. The molecule has 1 saturated heterocycles. The second kappa shape index (κ2) is 5.89. The number of nitrogens with zero attached hydrogens (tertiary/aromatic N) is 8. The summed E-state index contributed by atoms with van der Waals surface area (Å²) in [6, 6.07) is 0. The van der Waals surface area contributed by atoms with Crippen LogP contribution in [-0.4, -0.2) is 74.4 Å². The highest BCUT2D eigenvalue weighted by Gasteiger charge is 2.28. The van der Waals surface area contributed by atoms with E-state index in [1.54, 1.807) is 24.9 Å². The van der Waals surface area contributed by atoms with Crippen LogP contribution in [-0.2, 0) is 24.1 Å². The van der Waals surface area contributed by atoms with Crippen LogP contribution in [0.4, 0.5) is 5.95 Å². The molecule has 0 N–H and O–H groups in total. The van der Waals surface area contributed by atoms with E-state index in [1.807, 2.05) is 16.5 Å². The van der Waals surface area contributed by atoms with Crippen molar-refractivity contribution in [2.75, 3.05) is 36.8 Å². The van der Waals surface area contributed by atoms with Gasteiger partial charge in [-0.1, -0.05) is 5.21 Å². The van der Waals surface area contributed by atoms with E-state index in [4.69, 9.17) is 0 Å². The number of anilines is 1. The molecule has 3 rings (SSSR count). The number of sulfonamides is 1. The molecular weight excluding hydrogens is 320 g/mol. The molecule has 2 aromatic rings. The van der Waals surface area contributed by atoms with Crippen LogP contribution in [0.3, 0.4) is 0 Å². The van der Waals surface area contributed by atoms with Crippen molar-refractivity contribution in [1.82, 2.24) is 34.1 Å². The average Bonchev–Trinajstić information content (AvgIpc) is 3.13. The molecule has 0 radical (unpaired) electrons. The zero-order valence-corrected chi connectivity index (χ0v) is 14.2. The molecule has 3 heterocycles. The molecule has 11 heteroatoms. The molecule has 0 spiro atoms. The highest BCUT2D eigenvalue weighted by atomic mass is 32.2. The minimum Gasteiger partial charge on any atom is -0.338 e. The second-order valence-corrected chi connectivity index (χ2v) is 7.70. The normalized spacial score (nSPS) is 16.9. The quantitative estimate of drug-likeness (QED) is 0.709. The third-order valence-electron chi connectivity index (χ3n) is 3.96. The molecule has 23 heavy (non-hydrogen) atoms. The highest BCUT2D eigenvalue weighted by molar-refractivity contribution is 7.89. The van der Waals surface area contributed by atoms with E-state index in [-0.39, 0.29) is 5.75 Å². The van der Waals surface area contributed by atoms with Gasteiger partial charge in [-0.2, -0.15) is 4.31 Å². The largest absolute Gasteiger partial charge is 0.338 e. The van der Waals surface area contributed by atoms with Gasteiger partial charge in [-0.15, -0.1) is 15.3 Å². The first kappa shape index (κ1) is 15.9. The summed E-state index contributed by atoms with van der Waals surface area (Å²) in [5.41, 5.74) is 0.654. The van der Waals surface area contributed by atoms with Crippen LogP contribution < -0.4 is 4.90 Å². The number of rotatable bonds is 4. The Morgan fingerprint density at radius 3 is 2.35 bits per heavy atom. The second-order valence-electron chi connectivity index (χ2n) is 5.45. The van der Waals surface area contributed by atoms with Crippen LogP contribution in [0.5, 0.6) is 0 Å². The van der Waals surface area contributed by atoms with Gasteiger partial charge in [-0.25, -0.2) is 8.42 Å². The SMILES string of the molecule is CCS(=O)(=O)N1CCN(c2nnc(-c3cn(C)nn3)n2C)CC1. The minimum atomic E-state index is -3.13. The molecule has 0 aromatic carbocycles. The van der Waals surface area contributed by atoms with E-state index in [0.29, 0.717) is 43.6 Å². The summed E-state index contributed by atoms with van der Waals surface area (Å²) in [6.45, 7) is 3.77. The van der Waals surface area contributed by atoms with Gasteiger partial charge in [0, 0.05) is 40.3 Å². The molecule has 0 amide bonds. The Labute approximate surface area is 134 Å². The lowest BCUT2D eigenvalue weighted by Gasteiger charge is -2.34. The molecule has 0 saturated carbocycles. The van der Waals surface area contributed by atoms with E-state index >= 15 is 0 Å². The fourth-order valence-corrected chi connectivity index (χ4v) is 3.70. The van der Waals surface area contributed by atoms with Gasteiger partial charge in [-0.05, 0) is 6.92 Å².